The van der Waals surface area contributed by atoms with E-state index in [1.54, 1.807) is 17.0 Å². The van der Waals surface area contributed by atoms with Crippen molar-refractivity contribution >= 4 is 17.5 Å². The third kappa shape index (κ3) is 4.24. The van der Waals surface area contributed by atoms with E-state index >= 15 is 0 Å². The van der Waals surface area contributed by atoms with E-state index in [4.69, 9.17) is 0 Å². The zero-order valence-electron chi connectivity index (χ0n) is 14.2. The molecule has 1 saturated heterocycles. The minimum Gasteiger partial charge on any atom is -0.339 e. The number of hydrogen-bond donors (Lipinski definition) is 1. The summed E-state index contributed by atoms with van der Waals surface area (Å²) in [5.41, 5.74) is 2.39. The quantitative estimate of drug-likeness (QED) is 0.928. The topological polar surface area (TPSA) is 49.4 Å². The monoisotopic (exact) mass is 340 g/mol. The molecule has 3 rings (SSSR count). The van der Waals surface area contributed by atoms with Gasteiger partial charge in [0.1, 0.15) is 5.82 Å². The van der Waals surface area contributed by atoms with E-state index in [1.807, 2.05) is 31.2 Å². The molecule has 130 valence electrons. The van der Waals surface area contributed by atoms with Gasteiger partial charge in [0.25, 0.3) is 5.91 Å². The van der Waals surface area contributed by atoms with Crippen molar-refractivity contribution in [1.82, 2.24) is 4.90 Å². The standard InChI is InChI=1S/C20H21FN2O2/c1-14-2-4-16(5-3-14)20(25)23-12-10-15(11-13-23)19(24)22-18-8-6-17(21)7-9-18/h2-9,15H,10-13H2,1H3,(H,22,24). The Bertz CT molecular complexity index is 748. The van der Waals surface area contributed by atoms with Crippen LogP contribution in [0.25, 0.3) is 0 Å². The third-order valence-corrected chi connectivity index (χ3v) is 4.56. The molecule has 25 heavy (non-hydrogen) atoms. The molecule has 0 atom stereocenters. The number of anilines is 1. The SMILES string of the molecule is Cc1ccc(C(=O)N2CCC(C(=O)Nc3ccc(F)cc3)CC2)cc1. The molecule has 4 nitrogen and oxygen atoms in total. The average Bonchev–Trinajstić information content (AvgIpc) is 2.64. The summed E-state index contributed by atoms with van der Waals surface area (Å²) in [5, 5.41) is 2.81. The molecule has 1 aliphatic heterocycles. The summed E-state index contributed by atoms with van der Waals surface area (Å²) < 4.78 is 12.9. The Hall–Kier alpha value is -2.69. The van der Waals surface area contributed by atoms with Gasteiger partial charge >= 0.3 is 0 Å². The van der Waals surface area contributed by atoms with Crippen LogP contribution >= 0.6 is 0 Å². The number of rotatable bonds is 3. The lowest BCUT2D eigenvalue weighted by molar-refractivity contribution is -0.121. The highest BCUT2D eigenvalue weighted by Crippen LogP contribution is 2.21. The molecule has 2 aromatic carbocycles. The van der Waals surface area contributed by atoms with Crippen LogP contribution in [0.4, 0.5) is 10.1 Å². The molecule has 2 amide bonds. The number of carbonyl (C=O) groups excluding carboxylic acids is 2. The largest absolute Gasteiger partial charge is 0.339 e. The van der Waals surface area contributed by atoms with Crippen LogP contribution in [0.5, 0.6) is 0 Å². The molecular weight excluding hydrogens is 319 g/mol. The molecule has 0 saturated carbocycles. The summed E-state index contributed by atoms with van der Waals surface area (Å²) in [5.74, 6) is -0.528. The van der Waals surface area contributed by atoms with E-state index in [2.05, 4.69) is 5.32 Å². The smallest absolute Gasteiger partial charge is 0.253 e. The lowest BCUT2D eigenvalue weighted by Gasteiger charge is -2.31. The van der Waals surface area contributed by atoms with Gasteiger partial charge in [-0.25, -0.2) is 4.39 Å². The molecule has 0 unspecified atom stereocenters. The van der Waals surface area contributed by atoms with Gasteiger partial charge in [-0.3, -0.25) is 9.59 Å². The van der Waals surface area contributed by atoms with Crippen LogP contribution in [-0.4, -0.2) is 29.8 Å². The first kappa shape index (κ1) is 17.1. The number of carbonyl (C=O) groups is 2. The van der Waals surface area contributed by atoms with Crippen LogP contribution in [0.1, 0.15) is 28.8 Å². The number of nitrogens with one attached hydrogen (secondary N) is 1. The van der Waals surface area contributed by atoms with Gasteiger partial charge in [0.15, 0.2) is 0 Å². The maximum absolute atomic E-state index is 12.9. The van der Waals surface area contributed by atoms with Crippen LogP contribution in [0.15, 0.2) is 48.5 Å². The number of amides is 2. The second kappa shape index (κ2) is 7.47. The van der Waals surface area contributed by atoms with E-state index in [0.717, 1.165) is 5.56 Å². The van der Waals surface area contributed by atoms with Crippen molar-refractivity contribution in [1.29, 1.82) is 0 Å². The first-order valence-corrected chi connectivity index (χ1v) is 8.45. The Labute approximate surface area is 146 Å². The molecule has 0 spiro atoms. The van der Waals surface area contributed by atoms with E-state index in [0.29, 0.717) is 37.2 Å². The molecule has 1 N–H and O–H groups in total. The van der Waals surface area contributed by atoms with Gasteiger partial charge in [-0.1, -0.05) is 17.7 Å². The fourth-order valence-electron chi connectivity index (χ4n) is 3.00. The number of benzene rings is 2. The first-order chi connectivity index (χ1) is 12.0. The lowest BCUT2D eigenvalue weighted by atomic mass is 9.95. The summed E-state index contributed by atoms with van der Waals surface area (Å²) in [7, 11) is 0. The number of piperidine rings is 1. The average molecular weight is 340 g/mol. The number of nitrogens with zero attached hydrogens (tertiary/aromatic N) is 1. The number of hydrogen-bond acceptors (Lipinski definition) is 2. The summed E-state index contributed by atoms with van der Waals surface area (Å²) in [6, 6.07) is 13.3. The first-order valence-electron chi connectivity index (χ1n) is 8.45. The van der Waals surface area contributed by atoms with Crippen molar-refractivity contribution in [3.05, 3.63) is 65.5 Å². The van der Waals surface area contributed by atoms with Gasteiger partial charge in [-0.15, -0.1) is 0 Å². The lowest BCUT2D eigenvalue weighted by Crippen LogP contribution is -2.41. The minimum atomic E-state index is -0.332. The van der Waals surface area contributed by atoms with Crippen molar-refractivity contribution in [2.75, 3.05) is 18.4 Å². The minimum absolute atomic E-state index is 0.0115. The Morgan fingerprint density at radius 3 is 2.20 bits per heavy atom. The van der Waals surface area contributed by atoms with Crippen LogP contribution in [0, 0.1) is 18.7 Å². The Morgan fingerprint density at radius 1 is 1.00 bits per heavy atom. The van der Waals surface area contributed by atoms with Gasteiger partial charge < -0.3 is 10.2 Å². The van der Waals surface area contributed by atoms with Crippen molar-refractivity contribution in [2.45, 2.75) is 19.8 Å². The van der Waals surface area contributed by atoms with Crippen molar-refractivity contribution < 1.29 is 14.0 Å². The normalized spacial score (nSPS) is 15.0. The van der Waals surface area contributed by atoms with Crippen LogP contribution in [-0.2, 0) is 4.79 Å². The zero-order valence-corrected chi connectivity index (χ0v) is 14.2. The fraction of sp³-hybridized carbons (Fsp3) is 0.300. The molecule has 0 aliphatic carbocycles. The van der Waals surface area contributed by atoms with Gasteiger partial charge in [0.05, 0.1) is 0 Å². The van der Waals surface area contributed by atoms with Crippen LogP contribution in [0.3, 0.4) is 0 Å². The molecule has 1 fully saturated rings. The summed E-state index contributed by atoms with van der Waals surface area (Å²) in [6.07, 6.45) is 1.26. The number of halogens is 1. The number of likely N-dealkylation sites (tertiary alicyclic amines) is 1. The molecule has 5 heteroatoms. The van der Waals surface area contributed by atoms with Gasteiger partial charge in [0, 0.05) is 30.3 Å². The summed E-state index contributed by atoms with van der Waals surface area (Å²) in [6.45, 7) is 3.11. The van der Waals surface area contributed by atoms with Crippen LogP contribution < -0.4 is 5.32 Å². The van der Waals surface area contributed by atoms with E-state index < -0.39 is 0 Å². The maximum Gasteiger partial charge on any atom is 0.253 e. The molecule has 2 aromatic rings. The fourth-order valence-corrected chi connectivity index (χ4v) is 3.00. The molecular formula is C20H21FN2O2. The maximum atomic E-state index is 12.9. The molecule has 1 aliphatic rings. The molecule has 0 bridgehead atoms. The van der Waals surface area contributed by atoms with E-state index in [-0.39, 0.29) is 23.5 Å². The van der Waals surface area contributed by atoms with Crippen molar-refractivity contribution in [3.8, 4) is 0 Å². The summed E-state index contributed by atoms with van der Waals surface area (Å²) in [4.78, 5) is 26.6. The Morgan fingerprint density at radius 2 is 1.60 bits per heavy atom. The van der Waals surface area contributed by atoms with Gasteiger partial charge in [-0.2, -0.15) is 0 Å². The van der Waals surface area contributed by atoms with E-state index in [1.165, 1.54) is 12.1 Å². The zero-order chi connectivity index (χ0) is 17.8. The van der Waals surface area contributed by atoms with Gasteiger partial charge in [-0.05, 0) is 56.2 Å². The predicted molar refractivity (Wildman–Crippen MR) is 94.8 cm³/mol. The molecule has 1 heterocycles. The number of aryl methyl sites for hydroxylation is 1. The Kier molecular flexibility index (Phi) is 5.12. The van der Waals surface area contributed by atoms with Crippen molar-refractivity contribution in [2.24, 2.45) is 5.92 Å². The highest BCUT2D eigenvalue weighted by atomic mass is 19.1. The predicted octanol–water partition coefficient (Wildman–Crippen LogP) is 3.63. The second-order valence-electron chi connectivity index (χ2n) is 6.43. The second-order valence-corrected chi connectivity index (χ2v) is 6.43. The van der Waals surface area contributed by atoms with E-state index in [9.17, 15) is 14.0 Å². The Balaban J connectivity index is 1.54. The highest BCUT2D eigenvalue weighted by Gasteiger charge is 2.27. The van der Waals surface area contributed by atoms with Crippen LogP contribution in [0.2, 0.25) is 0 Å². The van der Waals surface area contributed by atoms with Crippen molar-refractivity contribution in [3.63, 3.8) is 0 Å². The molecule has 0 radical (unpaired) electrons. The van der Waals surface area contributed by atoms with Gasteiger partial charge in [0.2, 0.25) is 5.91 Å². The highest BCUT2D eigenvalue weighted by molar-refractivity contribution is 5.95. The summed E-state index contributed by atoms with van der Waals surface area (Å²) >= 11 is 0. The third-order valence-electron chi connectivity index (χ3n) is 4.56. The molecule has 0 aromatic heterocycles.